The highest BCUT2D eigenvalue weighted by Crippen LogP contribution is 2.02. The quantitative estimate of drug-likeness (QED) is 0.701. The molecule has 0 heterocycles. The molecule has 5 heteroatoms. The van der Waals surface area contributed by atoms with E-state index in [-0.39, 0.29) is 25.3 Å². The van der Waals surface area contributed by atoms with Gasteiger partial charge < -0.3 is 14.7 Å². The van der Waals surface area contributed by atoms with Gasteiger partial charge in [0.2, 0.25) is 5.91 Å². The molecule has 1 N–H and O–H groups in total. The molecule has 110 valence electrons. The van der Waals surface area contributed by atoms with Crippen LogP contribution in [0.25, 0.3) is 0 Å². The number of carboxylic acid groups (broad SMARTS) is 1. The van der Waals surface area contributed by atoms with Crippen LogP contribution < -0.4 is 0 Å². The number of nitrogens with zero attached hydrogens (tertiary/aromatic N) is 1. The van der Waals surface area contributed by atoms with Crippen molar-refractivity contribution in [2.24, 2.45) is 0 Å². The number of hydrogen-bond acceptors (Lipinski definition) is 3. The van der Waals surface area contributed by atoms with E-state index in [4.69, 9.17) is 9.84 Å². The first kappa shape index (κ1) is 16.2. The second-order valence-corrected chi connectivity index (χ2v) is 4.41. The molecule has 0 unspecified atom stereocenters. The lowest BCUT2D eigenvalue weighted by molar-refractivity contribution is -0.138. The first-order chi connectivity index (χ1) is 9.63. The van der Waals surface area contributed by atoms with Crippen LogP contribution in [0.1, 0.15) is 25.3 Å². The lowest BCUT2D eigenvalue weighted by Gasteiger charge is -2.19. The molecular formula is C15H21NO4. The van der Waals surface area contributed by atoms with Gasteiger partial charge in [0.25, 0.3) is 0 Å². The minimum Gasteiger partial charge on any atom is -0.481 e. The molecule has 1 aromatic carbocycles. The normalized spacial score (nSPS) is 10.2. The second kappa shape index (κ2) is 9.09. The summed E-state index contributed by atoms with van der Waals surface area (Å²) >= 11 is 0. The summed E-state index contributed by atoms with van der Waals surface area (Å²) in [7, 11) is 0. The minimum atomic E-state index is -0.892. The summed E-state index contributed by atoms with van der Waals surface area (Å²) in [5, 5.41) is 8.62. The maximum absolute atomic E-state index is 11.9. The number of carbonyl (C=O) groups is 2. The van der Waals surface area contributed by atoms with Crippen molar-refractivity contribution in [3.8, 4) is 0 Å². The van der Waals surface area contributed by atoms with Gasteiger partial charge in [-0.2, -0.15) is 0 Å². The molecule has 0 bridgehead atoms. The van der Waals surface area contributed by atoms with E-state index < -0.39 is 5.97 Å². The monoisotopic (exact) mass is 279 g/mol. The zero-order valence-corrected chi connectivity index (χ0v) is 11.7. The molecule has 0 saturated carbocycles. The Bertz CT molecular complexity index is 419. The molecule has 5 nitrogen and oxygen atoms in total. The molecule has 0 aliphatic heterocycles. The van der Waals surface area contributed by atoms with Crippen molar-refractivity contribution in [3.63, 3.8) is 0 Å². The SMILES string of the molecule is CCN(CCC(=O)O)C(=O)CCOCc1ccccc1. The Labute approximate surface area is 119 Å². The van der Waals surface area contributed by atoms with Crippen LogP contribution in [0.5, 0.6) is 0 Å². The number of amides is 1. The summed E-state index contributed by atoms with van der Waals surface area (Å²) in [6.45, 7) is 3.44. The number of carboxylic acids is 1. The maximum Gasteiger partial charge on any atom is 0.305 e. The van der Waals surface area contributed by atoms with Crippen molar-refractivity contribution in [1.29, 1.82) is 0 Å². The molecule has 1 aromatic rings. The third kappa shape index (κ3) is 6.33. The number of ether oxygens (including phenoxy) is 1. The van der Waals surface area contributed by atoms with Crippen molar-refractivity contribution in [3.05, 3.63) is 35.9 Å². The van der Waals surface area contributed by atoms with Crippen molar-refractivity contribution in [1.82, 2.24) is 4.90 Å². The number of carbonyl (C=O) groups excluding carboxylic acids is 1. The van der Waals surface area contributed by atoms with Gasteiger partial charge >= 0.3 is 5.97 Å². The Morgan fingerprint density at radius 1 is 1.20 bits per heavy atom. The fourth-order valence-corrected chi connectivity index (χ4v) is 1.77. The van der Waals surface area contributed by atoms with E-state index >= 15 is 0 Å². The Morgan fingerprint density at radius 2 is 1.90 bits per heavy atom. The summed E-state index contributed by atoms with van der Waals surface area (Å²) < 4.78 is 5.45. The molecule has 0 aromatic heterocycles. The number of aliphatic carboxylic acids is 1. The Hall–Kier alpha value is -1.88. The zero-order valence-electron chi connectivity index (χ0n) is 11.7. The summed E-state index contributed by atoms with van der Waals surface area (Å²) in [6.07, 6.45) is 0.255. The van der Waals surface area contributed by atoms with Gasteiger partial charge in [-0.3, -0.25) is 9.59 Å². The maximum atomic E-state index is 11.9. The van der Waals surface area contributed by atoms with Crippen molar-refractivity contribution in [2.75, 3.05) is 19.7 Å². The Morgan fingerprint density at radius 3 is 2.50 bits per heavy atom. The van der Waals surface area contributed by atoms with E-state index in [0.29, 0.717) is 19.8 Å². The predicted molar refractivity (Wildman–Crippen MR) is 75.2 cm³/mol. The van der Waals surface area contributed by atoms with E-state index in [1.165, 1.54) is 0 Å². The Kier molecular flexibility index (Phi) is 7.35. The fourth-order valence-electron chi connectivity index (χ4n) is 1.77. The minimum absolute atomic E-state index is 0.0234. The van der Waals surface area contributed by atoms with Crippen LogP contribution in [-0.2, 0) is 20.9 Å². The summed E-state index contributed by atoms with van der Waals surface area (Å²) in [4.78, 5) is 23.9. The molecule has 1 amide bonds. The average molecular weight is 279 g/mol. The highest BCUT2D eigenvalue weighted by molar-refractivity contribution is 5.77. The van der Waals surface area contributed by atoms with Gasteiger partial charge in [0.1, 0.15) is 0 Å². The standard InChI is InChI=1S/C15H21NO4/c1-2-16(10-8-15(18)19)14(17)9-11-20-12-13-6-4-3-5-7-13/h3-7H,2,8-12H2,1H3,(H,18,19). The number of benzene rings is 1. The molecule has 0 atom stereocenters. The summed E-state index contributed by atoms with van der Waals surface area (Å²) in [5.74, 6) is -0.960. The number of hydrogen-bond donors (Lipinski definition) is 1. The van der Waals surface area contributed by atoms with Crippen LogP contribution in [0.3, 0.4) is 0 Å². The summed E-state index contributed by atoms with van der Waals surface area (Å²) in [6, 6.07) is 9.75. The van der Waals surface area contributed by atoms with Gasteiger partial charge in [-0.05, 0) is 12.5 Å². The van der Waals surface area contributed by atoms with Crippen LogP contribution in [0.15, 0.2) is 30.3 Å². The molecule has 20 heavy (non-hydrogen) atoms. The van der Waals surface area contributed by atoms with Crippen molar-refractivity contribution in [2.45, 2.75) is 26.4 Å². The lowest BCUT2D eigenvalue weighted by Crippen LogP contribution is -2.33. The van der Waals surface area contributed by atoms with Crippen LogP contribution >= 0.6 is 0 Å². The van der Waals surface area contributed by atoms with Crippen LogP contribution in [-0.4, -0.2) is 41.6 Å². The van der Waals surface area contributed by atoms with Gasteiger partial charge in [-0.15, -0.1) is 0 Å². The first-order valence-electron chi connectivity index (χ1n) is 6.74. The van der Waals surface area contributed by atoms with Crippen molar-refractivity contribution < 1.29 is 19.4 Å². The topological polar surface area (TPSA) is 66.8 Å². The largest absolute Gasteiger partial charge is 0.481 e. The lowest BCUT2D eigenvalue weighted by atomic mass is 10.2. The smallest absolute Gasteiger partial charge is 0.305 e. The van der Waals surface area contributed by atoms with E-state index in [1.807, 2.05) is 37.3 Å². The molecule has 0 aliphatic carbocycles. The molecule has 0 fully saturated rings. The van der Waals surface area contributed by atoms with Gasteiger partial charge in [0.05, 0.1) is 26.1 Å². The van der Waals surface area contributed by atoms with Gasteiger partial charge in [0, 0.05) is 13.1 Å². The Balaban J connectivity index is 2.22. The van der Waals surface area contributed by atoms with Gasteiger partial charge in [0.15, 0.2) is 0 Å². The van der Waals surface area contributed by atoms with Crippen LogP contribution in [0.4, 0.5) is 0 Å². The second-order valence-electron chi connectivity index (χ2n) is 4.41. The van der Waals surface area contributed by atoms with Gasteiger partial charge in [-0.1, -0.05) is 30.3 Å². The predicted octanol–water partition coefficient (Wildman–Crippen LogP) is 1.92. The summed E-state index contributed by atoms with van der Waals surface area (Å²) in [5.41, 5.74) is 1.07. The van der Waals surface area contributed by atoms with E-state index in [1.54, 1.807) is 4.90 Å². The van der Waals surface area contributed by atoms with Crippen molar-refractivity contribution >= 4 is 11.9 Å². The highest BCUT2D eigenvalue weighted by Gasteiger charge is 2.12. The average Bonchev–Trinajstić information content (AvgIpc) is 2.45. The van der Waals surface area contributed by atoms with Crippen LogP contribution in [0.2, 0.25) is 0 Å². The zero-order chi connectivity index (χ0) is 14.8. The molecule has 0 saturated heterocycles. The number of rotatable bonds is 9. The van der Waals surface area contributed by atoms with Crippen LogP contribution in [0, 0.1) is 0 Å². The van der Waals surface area contributed by atoms with E-state index in [9.17, 15) is 9.59 Å². The molecule has 0 aliphatic rings. The van der Waals surface area contributed by atoms with E-state index in [0.717, 1.165) is 5.56 Å². The fraction of sp³-hybridized carbons (Fsp3) is 0.467. The highest BCUT2D eigenvalue weighted by atomic mass is 16.5. The molecule has 1 rings (SSSR count). The molecule has 0 radical (unpaired) electrons. The van der Waals surface area contributed by atoms with E-state index in [2.05, 4.69) is 0 Å². The van der Waals surface area contributed by atoms with Gasteiger partial charge in [-0.25, -0.2) is 0 Å². The molecular weight excluding hydrogens is 258 g/mol. The molecule has 0 spiro atoms. The third-order valence-electron chi connectivity index (χ3n) is 2.90. The third-order valence-corrected chi connectivity index (χ3v) is 2.90. The first-order valence-corrected chi connectivity index (χ1v) is 6.74.